The molecule has 0 aromatic rings. The van der Waals surface area contributed by atoms with Crippen LogP contribution in [0.1, 0.15) is 52.4 Å². The number of rotatable bonds is 1. The fourth-order valence-corrected chi connectivity index (χ4v) is 1.86. The Morgan fingerprint density at radius 2 is 1.40 bits per heavy atom. The molecule has 0 aromatic heterocycles. The zero-order valence-corrected chi connectivity index (χ0v) is 7.32. The molecule has 0 spiro atoms. The van der Waals surface area contributed by atoms with Gasteiger partial charge >= 0.3 is 0 Å². The molecule has 1 saturated carbocycles. The van der Waals surface area contributed by atoms with Crippen LogP contribution in [0.4, 0.5) is 0 Å². The molecule has 0 amide bonds. The maximum Gasteiger partial charge on any atom is -0.0272 e. The molecule has 0 aliphatic heterocycles. The Hall–Kier alpha value is 0. The van der Waals surface area contributed by atoms with Crippen molar-refractivity contribution in [2.24, 2.45) is 5.92 Å². The van der Waals surface area contributed by atoms with Gasteiger partial charge in [-0.05, 0) is 24.7 Å². The summed E-state index contributed by atoms with van der Waals surface area (Å²) in [4.78, 5) is 0. The van der Waals surface area contributed by atoms with Gasteiger partial charge in [-0.15, -0.1) is 0 Å². The lowest BCUT2D eigenvalue weighted by atomic mass is 9.89. The summed E-state index contributed by atoms with van der Waals surface area (Å²) in [6.07, 6.45) is 8.81. The van der Waals surface area contributed by atoms with Crippen LogP contribution >= 0.6 is 0 Å². The molecule has 0 aromatic carbocycles. The summed E-state index contributed by atoms with van der Waals surface area (Å²) in [5, 5.41) is 0. The lowest BCUT2D eigenvalue weighted by molar-refractivity contribution is 0.479. The first kappa shape index (κ1) is 8.10. The Labute approximate surface area is 65.0 Å². The topological polar surface area (TPSA) is 0 Å². The van der Waals surface area contributed by atoms with Crippen molar-refractivity contribution in [2.45, 2.75) is 52.4 Å². The third kappa shape index (κ3) is 2.32. The minimum atomic E-state index is 0.961. The highest BCUT2D eigenvalue weighted by Gasteiger charge is 2.14. The van der Waals surface area contributed by atoms with Crippen molar-refractivity contribution in [3.63, 3.8) is 0 Å². The first-order chi connectivity index (χ1) is 4.80. The summed E-state index contributed by atoms with van der Waals surface area (Å²) >= 11 is 0. The van der Waals surface area contributed by atoms with Crippen molar-refractivity contribution < 1.29 is 0 Å². The quantitative estimate of drug-likeness (QED) is 0.487. The van der Waals surface area contributed by atoms with Gasteiger partial charge in [-0.25, -0.2) is 0 Å². The molecule has 0 N–H and O–H groups in total. The molecular weight excluding hydrogens is 120 g/mol. The van der Waals surface area contributed by atoms with Crippen molar-refractivity contribution in [1.29, 1.82) is 0 Å². The van der Waals surface area contributed by atoms with E-state index in [0.717, 1.165) is 5.92 Å². The second kappa shape index (κ2) is 4.00. The summed E-state index contributed by atoms with van der Waals surface area (Å²) in [6, 6.07) is 0. The first-order valence-electron chi connectivity index (χ1n) is 4.61. The van der Waals surface area contributed by atoms with E-state index in [1.54, 1.807) is 5.92 Å². The predicted molar refractivity (Wildman–Crippen MR) is 45.8 cm³/mol. The summed E-state index contributed by atoms with van der Waals surface area (Å²) in [6.45, 7) is 4.58. The van der Waals surface area contributed by atoms with Gasteiger partial charge in [0.05, 0.1) is 0 Å². The maximum atomic E-state index is 2.29. The standard InChI is InChI=1S/C10H19/c1-9(2)10-7-5-3-4-6-8-10/h10H,3-8H2,1-2H3. The van der Waals surface area contributed by atoms with Crippen LogP contribution in [-0.4, -0.2) is 0 Å². The third-order valence-corrected chi connectivity index (χ3v) is 2.67. The van der Waals surface area contributed by atoms with E-state index in [0.29, 0.717) is 0 Å². The molecule has 0 atom stereocenters. The van der Waals surface area contributed by atoms with E-state index in [9.17, 15) is 0 Å². The van der Waals surface area contributed by atoms with Crippen molar-refractivity contribution >= 4 is 0 Å². The summed E-state index contributed by atoms with van der Waals surface area (Å²) in [7, 11) is 0. The third-order valence-electron chi connectivity index (χ3n) is 2.67. The van der Waals surface area contributed by atoms with Gasteiger partial charge < -0.3 is 0 Å². The molecule has 0 nitrogen and oxygen atoms in total. The van der Waals surface area contributed by atoms with Gasteiger partial charge in [0.25, 0.3) is 0 Å². The second-order valence-corrected chi connectivity index (χ2v) is 3.77. The van der Waals surface area contributed by atoms with Crippen LogP contribution in [0, 0.1) is 11.8 Å². The highest BCUT2D eigenvalue weighted by Crippen LogP contribution is 2.29. The molecule has 59 valence electrons. The molecule has 1 fully saturated rings. The average Bonchev–Trinajstić information content (AvgIpc) is 2.12. The minimum absolute atomic E-state index is 0.961. The van der Waals surface area contributed by atoms with Crippen molar-refractivity contribution in [1.82, 2.24) is 0 Å². The normalized spacial score (nSPS) is 23.1. The van der Waals surface area contributed by atoms with Crippen molar-refractivity contribution in [2.75, 3.05) is 0 Å². The van der Waals surface area contributed by atoms with Crippen LogP contribution < -0.4 is 0 Å². The lowest BCUT2D eigenvalue weighted by Crippen LogP contribution is -2.04. The van der Waals surface area contributed by atoms with Gasteiger partial charge in [0, 0.05) is 0 Å². The Morgan fingerprint density at radius 3 is 1.80 bits per heavy atom. The Bertz CT molecular complexity index is 76.0. The Balaban J connectivity index is 2.28. The highest BCUT2D eigenvalue weighted by atomic mass is 14.2. The summed E-state index contributed by atoms with van der Waals surface area (Å²) < 4.78 is 0. The molecular formula is C10H19. The van der Waals surface area contributed by atoms with Crippen molar-refractivity contribution in [3.05, 3.63) is 5.92 Å². The zero-order chi connectivity index (χ0) is 7.40. The maximum absolute atomic E-state index is 2.29. The van der Waals surface area contributed by atoms with Crippen LogP contribution in [-0.2, 0) is 0 Å². The minimum Gasteiger partial charge on any atom is -0.0591 e. The molecule has 1 aliphatic rings. The number of hydrogen-bond donors (Lipinski definition) is 0. The van der Waals surface area contributed by atoms with Crippen LogP contribution in [0.15, 0.2) is 0 Å². The van der Waals surface area contributed by atoms with E-state index in [2.05, 4.69) is 13.8 Å². The fourth-order valence-electron chi connectivity index (χ4n) is 1.86. The van der Waals surface area contributed by atoms with E-state index in [-0.39, 0.29) is 0 Å². The van der Waals surface area contributed by atoms with Gasteiger partial charge in [0.1, 0.15) is 0 Å². The molecule has 1 rings (SSSR count). The van der Waals surface area contributed by atoms with Crippen molar-refractivity contribution in [3.8, 4) is 0 Å². The molecule has 0 heterocycles. The molecule has 0 heteroatoms. The SMILES string of the molecule is C[C](C)C1CCCCCC1. The van der Waals surface area contributed by atoms with Crippen LogP contribution in [0.25, 0.3) is 0 Å². The van der Waals surface area contributed by atoms with Crippen LogP contribution in [0.2, 0.25) is 0 Å². The lowest BCUT2D eigenvalue weighted by Gasteiger charge is -2.16. The average molecular weight is 139 g/mol. The molecule has 0 unspecified atom stereocenters. The molecule has 1 aliphatic carbocycles. The Kier molecular flexibility index (Phi) is 3.24. The smallest absolute Gasteiger partial charge is 0.0272 e. The number of hydrogen-bond acceptors (Lipinski definition) is 0. The van der Waals surface area contributed by atoms with Gasteiger partial charge in [-0.2, -0.15) is 0 Å². The van der Waals surface area contributed by atoms with E-state index < -0.39 is 0 Å². The van der Waals surface area contributed by atoms with Crippen LogP contribution in [0.3, 0.4) is 0 Å². The van der Waals surface area contributed by atoms with E-state index >= 15 is 0 Å². The molecule has 10 heavy (non-hydrogen) atoms. The van der Waals surface area contributed by atoms with Gasteiger partial charge in [0.2, 0.25) is 0 Å². The predicted octanol–water partition coefficient (Wildman–Crippen LogP) is 3.57. The van der Waals surface area contributed by atoms with E-state index in [1.807, 2.05) is 0 Å². The van der Waals surface area contributed by atoms with E-state index in [4.69, 9.17) is 0 Å². The fraction of sp³-hybridized carbons (Fsp3) is 0.900. The first-order valence-corrected chi connectivity index (χ1v) is 4.61. The van der Waals surface area contributed by atoms with Gasteiger partial charge in [-0.1, -0.05) is 39.5 Å². The molecule has 0 bridgehead atoms. The zero-order valence-electron chi connectivity index (χ0n) is 7.32. The Morgan fingerprint density at radius 1 is 0.900 bits per heavy atom. The van der Waals surface area contributed by atoms with E-state index in [1.165, 1.54) is 38.5 Å². The van der Waals surface area contributed by atoms with Crippen LogP contribution in [0.5, 0.6) is 0 Å². The highest BCUT2D eigenvalue weighted by molar-refractivity contribution is 4.87. The van der Waals surface area contributed by atoms with Gasteiger partial charge in [0.15, 0.2) is 0 Å². The van der Waals surface area contributed by atoms with Gasteiger partial charge in [-0.3, -0.25) is 0 Å². The monoisotopic (exact) mass is 139 g/mol. The molecule has 1 radical (unpaired) electrons. The second-order valence-electron chi connectivity index (χ2n) is 3.77. The summed E-state index contributed by atoms with van der Waals surface area (Å²) in [5.74, 6) is 2.62. The largest absolute Gasteiger partial charge is 0.0591 e. The molecule has 0 saturated heterocycles. The summed E-state index contributed by atoms with van der Waals surface area (Å²) in [5.41, 5.74) is 0.